The van der Waals surface area contributed by atoms with Gasteiger partial charge in [-0.05, 0) is 24.8 Å². The van der Waals surface area contributed by atoms with Gasteiger partial charge < -0.3 is 20.2 Å². The number of fused-ring (bicyclic) bond motifs is 1. The zero-order valence-corrected chi connectivity index (χ0v) is 12.3. The summed E-state index contributed by atoms with van der Waals surface area (Å²) in [6.45, 7) is -0.278. The van der Waals surface area contributed by atoms with Crippen molar-refractivity contribution in [2.45, 2.75) is 19.3 Å². The lowest BCUT2D eigenvalue weighted by Gasteiger charge is -2.20. The van der Waals surface area contributed by atoms with Gasteiger partial charge in [-0.15, -0.1) is 11.3 Å². The van der Waals surface area contributed by atoms with Crippen LogP contribution in [0.25, 0.3) is 0 Å². The molecule has 0 saturated heterocycles. The van der Waals surface area contributed by atoms with Gasteiger partial charge in [0.1, 0.15) is 5.00 Å². The van der Waals surface area contributed by atoms with Crippen LogP contribution in [0.2, 0.25) is 0 Å². The molecule has 0 atom stereocenters. The molecule has 0 fully saturated rings. The van der Waals surface area contributed by atoms with E-state index in [2.05, 4.69) is 5.32 Å². The fourth-order valence-corrected chi connectivity index (χ4v) is 3.72. The van der Waals surface area contributed by atoms with Crippen LogP contribution in [-0.2, 0) is 12.8 Å². The molecule has 2 amide bonds. The van der Waals surface area contributed by atoms with Gasteiger partial charge >= 0.3 is 12.0 Å². The van der Waals surface area contributed by atoms with E-state index in [0.717, 1.165) is 29.7 Å². The molecule has 1 aromatic rings. The SMILES string of the molecule is O=C(O)c1c(NC(=O)N(CCO)CCO)sc2c1CCC2. The number of hydrogen-bond acceptors (Lipinski definition) is 5. The number of nitrogens with one attached hydrogen (secondary N) is 1. The minimum atomic E-state index is -1.04. The first-order chi connectivity index (χ1) is 10.1. The number of carboxylic acid groups (broad SMARTS) is 1. The molecule has 4 N–H and O–H groups in total. The second-order valence-corrected chi connectivity index (χ2v) is 5.84. The Morgan fingerprint density at radius 2 is 1.86 bits per heavy atom. The minimum Gasteiger partial charge on any atom is -0.478 e. The molecule has 8 heteroatoms. The molecule has 1 aliphatic rings. The van der Waals surface area contributed by atoms with Crippen LogP contribution in [0.3, 0.4) is 0 Å². The van der Waals surface area contributed by atoms with Crippen molar-refractivity contribution in [3.8, 4) is 0 Å². The molecule has 0 spiro atoms. The molecule has 0 aliphatic heterocycles. The molecule has 21 heavy (non-hydrogen) atoms. The van der Waals surface area contributed by atoms with Crippen LogP contribution < -0.4 is 5.32 Å². The van der Waals surface area contributed by atoms with E-state index in [-0.39, 0.29) is 31.9 Å². The largest absolute Gasteiger partial charge is 0.478 e. The van der Waals surface area contributed by atoms with Gasteiger partial charge in [-0.2, -0.15) is 0 Å². The van der Waals surface area contributed by atoms with Crippen molar-refractivity contribution in [3.05, 3.63) is 16.0 Å². The number of aromatic carboxylic acids is 1. The van der Waals surface area contributed by atoms with Crippen molar-refractivity contribution < 1.29 is 24.9 Å². The van der Waals surface area contributed by atoms with Crippen LogP contribution in [0.4, 0.5) is 9.80 Å². The predicted molar refractivity (Wildman–Crippen MR) is 78.1 cm³/mol. The Morgan fingerprint density at radius 1 is 1.19 bits per heavy atom. The number of amides is 2. The maximum Gasteiger partial charge on any atom is 0.339 e. The maximum atomic E-state index is 12.1. The van der Waals surface area contributed by atoms with Crippen LogP contribution in [-0.4, -0.2) is 58.5 Å². The number of rotatable bonds is 6. The molecule has 7 nitrogen and oxygen atoms in total. The topological polar surface area (TPSA) is 110 Å². The number of hydrogen-bond donors (Lipinski definition) is 4. The van der Waals surface area contributed by atoms with Crippen molar-refractivity contribution >= 4 is 28.3 Å². The highest BCUT2D eigenvalue weighted by Gasteiger charge is 2.27. The molecular weight excluding hydrogens is 296 g/mol. The van der Waals surface area contributed by atoms with Gasteiger partial charge in [0.05, 0.1) is 18.8 Å². The van der Waals surface area contributed by atoms with E-state index in [0.29, 0.717) is 5.00 Å². The van der Waals surface area contributed by atoms with Crippen LogP contribution >= 0.6 is 11.3 Å². The number of carboxylic acids is 1. The van der Waals surface area contributed by atoms with E-state index < -0.39 is 12.0 Å². The summed E-state index contributed by atoms with van der Waals surface area (Å²) in [5, 5.41) is 30.1. The van der Waals surface area contributed by atoms with Crippen molar-refractivity contribution in [1.29, 1.82) is 0 Å². The van der Waals surface area contributed by atoms with Crippen molar-refractivity contribution in [2.75, 3.05) is 31.6 Å². The lowest BCUT2D eigenvalue weighted by atomic mass is 10.1. The minimum absolute atomic E-state index is 0.0832. The first-order valence-corrected chi connectivity index (χ1v) is 7.55. The van der Waals surface area contributed by atoms with E-state index in [4.69, 9.17) is 10.2 Å². The van der Waals surface area contributed by atoms with E-state index in [9.17, 15) is 14.7 Å². The highest BCUT2D eigenvalue weighted by atomic mass is 32.1. The molecule has 1 heterocycles. The third-order valence-electron chi connectivity index (χ3n) is 3.38. The van der Waals surface area contributed by atoms with Crippen LogP contribution in [0.5, 0.6) is 0 Å². The Bertz CT molecular complexity index is 537. The standard InChI is InChI=1S/C13H18N2O5S/c16-6-4-15(5-7-17)13(20)14-11-10(12(18)19)8-2-1-3-9(8)21-11/h16-17H,1-7H2,(H,14,20)(H,18,19). The van der Waals surface area contributed by atoms with Crippen LogP contribution in [0.15, 0.2) is 0 Å². The second kappa shape index (κ2) is 6.88. The molecule has 0 saturated carbocycles. The Kier molecular flexibility index (Phi) is 5.16. The zero-order chi connectivity index (χ0) is 15.4. The Labute approximate surface area is 125 Å². The number of thiophene rings is 1. The summed E-state index contributed by atoms with van der Waals surface area (Å²) in [6, 6.07) is -0.513. The van der Waals surface area contributed by atoms with Crippen LogP contribution in [0, 0.1) is 0 Å². The number of urea groups is 1. The molecule has 1 aromatic heterocycles. The van der Waals surface area contributed by atoms with E-state index in [1.807, 2.05) is 0 Å². The quantitative estimate of drug-likeness (QED) is 0.619. The number of carbonyl (C=O) groups excluding carboxylic acids is 1. The van der Waals surface area contributed by atoms with Gasteiger partial charge in [0, 0.05) is 18.0 Å². The molecule has 0 unspecified atom stereocenters. The van der Waals surface area contributed by atoms with Crippen molar-refractivity contribution in [3.63, 3.8) is 0 Å². The monoisotopic (exact) mass is 314 g/mol. The summed E-state index contributed by atoms with van der Waals surface area (Å²) in [5.41, 5.74) is 0.993. The van der Waals surface area contributed by atoms with Crippen molar-refractivity contribution in [1.82, 2.24) is 4.90 Å². The summed E-state index contributed by atoms with van der Waals surface area (Å²) in [4.78, 5) is 25.8. The Hall–Kier alpha value is -1.64. The van der Waals surface area contributed by atoms with Crippen LogP contribution in [0.1, 0.15) is 27.2 Å². The molecule has 2 rings (SSSR count). The molecular formula is C13H18N2O5S. The third-order valence-corrected chi connectivity index (χ3v) is 4.59. The molecule has 1 aliphatic carbocycles. The number of anilines is 1. The maximum absolute atomic E-state index is 12.1. The fraction of sp³-hybridized carbons (Fsp3) is 0.538. The molecule has 0 radical (unpaired) electrons. The smallest absolute Gasteiger partial charge is 0.339 e. The number of aryl methyl sites for hydroxylation is 1. The van der Waals surface area contributed by atoms with Gasteiger partial charge in [0.15, 0.2) is 0 Å². The summed E-state index contributed by atoms with van der Waals surface area (Å²) < 4.78 is 0. The Morgan fingerprint density at radius 3 is 2.43 bits per heavy atom. The van der Waals surface area contributed by atoms with E-state index in [1.54, 1.807) is 0 Å². The number of aliphatic hydroxyl groups is 2. The average Bonchev–Trinajstić information content (AvgIpc) is 2.97. The third kappa shape index (κ3) is 3.34. The van der Waals surface area contributed by atoms with Gasteiger partial charge in [-0.1, -0.05) is 0 Å². The second-order valence-electron chi connectivity index (χ2n) is 4.73. The highest BCUT2D eigenvalue weighted by Crippen LogP contribution is 2.39. The first kappa shape index (κ1) is 15.7. The lowest BCUT2D eigenvalue weighted by Crippen LogP contribution is -2.39. The molecule has 0 aromatic carbocycles. The molecule has 116 valence electrons. The van der Waals surface area contributed by atoms with E-state index >= 15 is 0 Å². The summed E-state index contributed by atoms with van der Waals surface area (Å²) in [6.07, 6.45) is 2.50. The van der Waals surface area contributed by atoms with Crippen molar-refractivity contribution in [2.24, 2.45) is 0 Å². The Balaban J connectivity index is 2.19. The fourth-order valence-electron chi connectivity index (χ4n) is 2.45. The van der Waals surface area contributed by atoms with Gasteiger partial charge in [-0.25, -0.2) is 9.59 Å². The zero-order valence-electron chi connectivity index (χ0n) is 11.5. The average molecular weight is 314 g/mol. The molecule has 0 bridgehead atoms. The normalized spacial score (nSPS) is 13.0. The predicted octanol–water partition coefficient (Wildman–Crippen LogP) is 0.754. The summed E-state index contributed by atoms with van der Waals surface area (Å²) in [5.74, 6) is -1.04. The summed E-state index contributed by atoms with van der Waals surface area (Å²) >= 11 is 1.29. The summed E-state index contributed by atoms with van der Waals surface area (Å²) in [7, 11) is 0. The van der Waals surface area contributed by atoms with Gasteiger partial charge in [-0.3, -0.25) is 5.32 Å². The number of carbonyl (C=O) groups is 2. The highest BCUT2D eigenvalue weighted by molar-refractivity contribution is 7.17. The number of nitrogens with zero attached hydrogens (tertiary/aromatic N) is 1. The lowest BCUT2D eigenvalue weighted by molar-refractivity contribution is 0.0697. The first-order valence-electron chi connectivity index (χ1n) is 6.74. The van der Waals surface area contributed by atoms with Gasteiger partial charge in [0.25, 0.3) is 0 Å². The van der Waals surface area contributed by atoms with E-state index in [1.165, 1.54) is 16.2 Å². The number of aliphatic hydroxyl groups excluding tert-OH is 2. The van der Waals surface area contributed by atoms with Gasteiger partial charge in [0.2, 0.25) is 0 Å².